The van der Waals surface area contributed by atoms with Crippen molar-refractivity contribution in [2.24, 2.45) is 0 Å². The summed E-state index contributed by atoms with van der Waals surface area (Å²) in [6.07, 6.45) is 6.35. The van der Waals surface area contributed by atoms with Gasteiger partial charge < -0.3 is 15.2 Å². The molecule has 1 aromatic carbocycles. The first kappa shape index (κ1) is 12.0. The molecule has 1 aliphatic rings. The van der Waals surface area contributed by atoms with Crippen molar-refractivity contribution in [2.75, 3.05) is 11.9 Å². The van der Waals surface area contributed by atoms with E-state index >= 15 is 0 Å². The molecule has 0 aliphatic heterocycles. The van der Waals surface area contributed by atoms with Gasteiger partial charge in [-0.2, -0.15) is 0 Å². The van der Waals surface area contributed by atoms with Crippen molar-refractivity contribution < 1.29 is 4.79 Å². The zero-order chi connectivity index (χ0) is 13.1. The van der Waals surface area contributed by atoms with Gasteiger partial charge in [0, 0.05) is 29.8 Å². The van der Waals surface area contributed by atoms with Crippen LogP contribution in [0.1, 0.15) is 12.8 Å². The molecule has 1 aliphatic carbocycles. The van der Waals surface area contributed by atoms with Crippen molar-refractivity contribution in [1.82, 2.24) is 9.88 Å². The van der Waals surface area contributed by atoms with Gasteiger partial charge in [0.25, 0.3) is 0 Å². The molecule has 2 aromatic rings. The number of nitrogens with zero attached hydrogens (tertiary/aromatic N) is 1. The van der Waals surface area contributed by atoms with Crippen LogP contribution in [-0.4, -0.2) is 23.1 Å². The average Bonchev–Trinajstić information content (AvgIpc) is 3.09. The lowest BCUT2D eigenvalue weighted by atomic mass is 10.2. The lowest BCUT2D eigenvalue weighted by molar-refractivity contribution is -0.115. The molecule has 0 radical (unpaired) electrons. The third-order valence-corrected chi connectivity index (χ3v) is 3.16. The monoisotopic (exact) mass is 255 g/mol. The minimum atomic E-state index is 0.0107. The number of carbonyl (C=O) groups is 1. The van der Waals surface area contributed by atoms with Crippen molar-refractivity contribution in [3.05, 3.63) is 48.8 Å². The van der Waals surface area contributed by atoms with E-state index in [9.17, 15) is 4.79 Å². The van der Waals surface area contributed by atoms with E-state index in [0.29, 0.717) is 12.6 Å². The summed E-state index contributed by atoms with van der Waals surface area (Å²) in [6, 6.07) is 12.3. The molecule has 1 amide bonds. The maximum absolute atomic E-state index is 11.8. The van der Waals surface area contributed by atoms with Crippen LogP contribution in [0.4, 0.5) is 5.69 Å². The zero-order valence-corrected chi connectivity index (χ0v) is 10.7. The third kappa shape index (κ3) is 3.23. The van der Waals surface area contributed by atoms with Crippen LogP contribution in [0.2, 0.25) is 0 Å². The Labute approximate surface area is 112 Å². The zero-order valence-electron chi connectivity index (χ0n) is 10.7. The molecule has 98 valence electrons. The summed E-state index contributed by atoms with van der Waals surface area (Å²) in [6.45, 7) is 0.387. The Morgan fingerprint density at radius 1 is 1.21 bits per heavy atom. The Hall–Kier alpha value is -2.07. The summed E-state index contributed by atoms with van der Waals surface area (Å²) in [5.74, 6) is 0.0107. The van der Waals surface area contributed by atoms with Gasteiger partial charge in [-0.15, -0.1) is 0 Å². The Bertz CT molecular complexity index is 559. The highest BCUT2D eigenvalue weighted by Crippen LogP contribution is 2.18. The predicted octanol–water partition coefficient (Wildman–Crippen LogP) is 2.17. The Balaban J connectivity index is 1.63. The lowest BCUT2D eigenvalue weighted by Crippen LogP contribution is -2.29. The van der Waals surface area contributed by atoms with Gasteiger partial charge in [0.2, 0.25) is 5.91 Å². The molecule has 4 heteroatoms. The van der Waals surface area contributed by atoms with Crippen LogP contribution in [0.15, 0.2) is 48.8 Å². The summed E-state index contributed by atoms with van der Waals surface area (Å²) in [7, 11) is 0. The molecule has 0 bridgehead atoms. The number of anilines is 1. The van der Waals surface area contributed by atoms with Gasteiger partial charge in [-0.3, -0.25) is 4.79 Å². The van der Waals surface area contributed by atoms with Crippen LogP contribution < -0.4 is 10.6 Å². The molecular weight excluding hydrogens is 238 g/mol. The van der Waals surface area contributed by atoms with Gasteiger partial charge in [-0.1, -0.05) is 6.07 Å². The number of hydrogen-bond acceptors (Lipinski definition) is 2. The Morgan fingerprint density at radius 3 is 2.74 bits per heavy atom. The fourth-order valence-corrected chi connectivity index (χ4v) is 1.98. The number of nitrogens with one attached hydrogen (secondary N) is 2. The van der Waals surface area contributed by atoms with E-state index in [1.54, 1.807) is 0 Å². The highest BCUT2D eigenvalue weighted by Gasteiger charge is 2.21. The summed E-state index contributed by atoms with van der Waals surface area (Å²) < 4.78 is 2.01. The fraction of sp³-hybridized carbons (Fsp3) is 0.267. The first-order chi connectivity index (χ1) is 9.31. The second kappa shape index (κ2) is 5.28. The van der Waals surface area contributed by atoms with Crippen LogP contribution in [0.25, 0.3) is 5.69 Å². The fourth-order valence-electron chi connectivity index (χ4n) is 1.98. The molecule has 3 rings (SSSR count). The molecule has 0 unspecified atom stereocenters. The molecule has 1 aromatic heterocycles. The number of amides is 1. The second-order valence-corrected chi connectivity index (χ2v) is 4.84. The molecule has 0 spiro atoms. The summed E-state index contributed by atoms with van der Waals surface area (Å²) in [4.78, 5) is 11.8. The lowest BCUT2D eigenvalue weighted by Gasteiger charge is -2.08. The number of rotatable bonds is 5. The first-order valence-corrected chi connectivity index (χ1v) is 6.58. The minimum absolute atomic E-state index is 0.0107. The SMILES string of the molecule is O=C(CNC1CC1)Nc1cccc(-n2cccc2)c1. The van der Waals surface area contributed by atoms with Crippen molar-refractivity contribution in [3.8, 4) is 5.69 Å². The van der Waals surface area contributed by atoms with Gasteiger partial charge in [-0.05, 0) is 43.2 Å². The number of aromatic nitrogens is 1. The van der Waals surface area contributed by atoms with Crippen LogP contribution >= 0.6 is 0 Å². The molecule has 2 N–H and O–H groups in total. The summed E-state index contributed by atoms with van der Waals surface area (Å²) in [5.41, 5.74) is 1.87. The highest BCUT2D eigenvalue weighted by molar-refractivity contribution is 5.92. The van der Waals surface area contributed by atoms with E-state index in [1.807, 2.05) is 53.4 Å². The average molecular weight is 255 g/mol. The van der Waals surface area contributed by atoms with Crippen molar-refractivity contribution in [1.29, 1.82) is 0 Å². The van der Waals surface area contributed by atoms with E-state index in [2.05, 4.69) is 10.6 Å². The predicted molar refractivity (Wildman–Crippen MR) is 75.4 cm³/mol. The Morgan fingerprint density at radius 2 is 2.00 bits per heavy atom. The number of benzene rings is 1. The largest absolute Gasteiger partial charge is 0.325 e. The topological polar surface area (TPSA) is 46.1 Å². The van der Waals surface area contributed by atoms with Gasteiger partial charge in [0.05, 0.1) is 6.54 Å². The van der Waals surface area contributed by atoms with Crippen LogP contribution in [-0.2, 0) is 4.79 Å². The van der Waals surface area contributed by atoms with Crippen LogP contribution in [0.3, 0.4) is 0 Å². The standard InChI is InChI=1S/C15H17N3O/c19-15(11-16-12-6-7-12)17-13-4-3-5-14(10-13)18-8-1-2-9-18/h1-5,8-10,12,16H,6-7,11H2,(H,17,19). The van der Waals surface area contributed by atoms with Gasteiger partial charge >= 0.3 is 0 Å². The van der Waals surface area contributed by atoms with Gasteiger partial charge in [-0.25, -0.2) is 0 Å². The normalized spacial score (nSPS) is 14.3. The number of hydrogen-bond donors (Lipinski definition) is 2. The van der Waals surface area contributed by atoms with E-state index in [4.69, 9.17) is 0 Å². The van der Waals surface area contributed by atoms with Crippen LogP contribution in [0, 0.1) is 0 Å². The maximum Gasteiger partial charge on any atom is 0.238 e. The van der Waals surface area contributed by atoms with E-state index < -0.39 is 0 Å². The van der Waals surface area contributed by atoms with Crippen molar-refractivity contribution in [3.63, 3.8) is 0 Å². The van der Waals surface area contributed by atoms with E-state index in [0.717, 1.165) is 11.4 Å². The smallest absolute Gasteiger partial charge is 0.238 e. The molecule has 1 heterocycles. The Kier molecular flexibility index (Phi) is 3.33. The van der Waals surface area contributed by atoms with Gasteiger partial charge in [0.1, 0.15) is 0 Å². The van der Waals surface area contributed by atoms with Gasteiger partial charge in [0.15, 0.2) is 0 Å². The summed E-state index contributed by atoms with van der Waals surface area (Å²) >= 11 is 0. The van der Waals surface area contributed by atoms with E-state index in [1.165, 1.54) is 12.8 Å². The molecule has 0 saturated heterocycles. The van der Waals surface area contributed by atoms with Crippen molar-refractivity contribution >= 4 is 11.6 Å². The first-order valence-electron chi connectivity index (χ1n) is 6.58. The van der Waals surface area contributed by atoms with Crippen LogP contribution in [0.5, 0.6) is 0 Å². The molecule has 0 atom stereocenters. The summed E-state index contributed by atoms with van der Waals surface area (Å²) in [5, 5.41) is 6.11. The number of carbonyl (C=O) groups excluding carboxylic acids is 1. The molecular formula is C15H17N3O. The minimum Gasteiger partial charge on any atom is -0.325 e. The van der Waals surface area contributed by atoms with Crippen molar-refractivity contribution in [2.45, 2.75) is 18.9 Å². The quantitative estimate of drug-likeness (QED) is 0.860. The third-order valence-electron chi connectivity index (χ3n) is 3.16. The maximum atomic E-state index is 11.8. The molecule has 1 fully saturated rings. The molecule has 19 heavy (non-hydrogen) atoms. The second-order valence-electron chi connectivity index (χ2n) is 4.84. The highest BCUT2D eigenvalue weighted by atomic mass is 16.1. The molecule has 1 saturated carbocycles. The molecule has 4 nitrogen and oxygen atoms in total. The van der Waals surface area contributed by atoms with E-state index in [-0.39, 0.29) is 5.91 Å².